The number of hydrogen-bond donors (Lipinski definition) is 3. The molecule has 0 saturated carbocycles. The number of phenols is 1. The third-order valence-corrected chi connectivity index (χ3v) is 3.98. The van der Waals surface area contributed by atoms with Crippen LogP contribution in [0.2, 0.25) is 0 Å². The summed E-state index contributed by atoms with van der Waals surface area (Å²) >= 11 is 0. The first-order valence-electron chi connectivity index (χ1n) is 8.23. The zero-order valence-corrected chi connectivity index (χ0v) is 14.9. The minimum Gasteiger partial charge on any atom is -0.505 e. The van der Waals surface area contributed by atoms with Crippen molar-refractivity contribution in [2.24, 2.45) is 0 Å². The number of nitrogens with zero attached hydrogens (tertiary/aromatic N) is 2. The van der Waals surface area contributed by atoms with Crippen LogP contribution < -0.4 is 5.32 Å². The van der Waals surface area contributed by atoms with E-state index in [1.165, 1.54) is 24.5 Å². The number of benzene rings is 1. The van der Waals surface area contributed by atoms with Gasteiger partial charge in [0.05, 0.1) is 18.5 Å². The molecule has 27 heavy (non-hydrogen) atoms. The second kappa shape index (κ2) is 8.43. The van der Waals surface area contributed by atoms with Crippen molar-refractivity contribution >= 4 is 23.4 Å². The first-order chi connectivity index (χ1) is 12.8. The van der Waals surface area contributed by atoms with Gasteiger partial charge in [-0.1, -0.05) is 0 Å². The lowest BCUT2D eigenvalue weighted by Gasteiger charge is -2.26. The Morgan fingerprint density at radius 2 is 2.07 bits per heavy atom. The summed E-state index contributed by atoms with van der Waals surface area (Å²) in [5.41, 5.74) is -0.759. The van der Waals surface area contributed by atoms with E-state index in [4.69, 9.17) is 9.84 Å². The van der Waals surface area contributed by atoms with Crippen LogP contribution in [0.1, 0.15) is 32.4 Å². The Bertz CT molecular complexity index is 845. The first-order valence-corrected chi connectivity index (χ1v) is 8.23. The minimum atomic E-state index is -1.31. The van der Waals surface area contributed by atoms with Crippen LogP contribution in [0.15, 0.2) is 30.6 Å². The molecule has 3 N–H and O–H groups in total. The number of carboxylic acids is 1. The van der Waals surface area contributed by atoms with Gasteiger partial charge in [0, 0.05) is 24.4 Å². The fourth-order valence-electron chi connectivity index (χ4n) is 2.41. The molecular weight excluding hydrogens is 357 g/mol. The molecule has 1 unspecified atom stereocenters. The lowest BCUT2D eigenvalue weighted by molar-refractivity contribution is -0.150. The average Bonchev–Trinajstić information content (AvgIpc) is 2.63. The SMILES string of the molecule is CCOC(=O)C(C)(CCC(=O)O)c1cncc(Nc2ccc(O)c(F)c2)n1. The molecule has 0 aliphatic carbocycles. The second-order valence-corrected chi connectivity index (χ2v) is 6.03. The summed E-state index contributed by atoms with van der Waals surface area (Å²) in [6.45, 7) is 3.33. The quantitative estimate of drug-likeness (QED) is 0.474. The summed E-state index contributed by atoms with van der Waals surface area (Å²) in [6, 6.07) is 3.71. The number of anilines is 2. The Morgan fingerprint density at radius 1 is 1.33 bits per heavy atom. The zero-order valence-electron chi connectivity index (χ0n) is 14.9. The number of aromatic nitrogens is 2. The van der Waals surface area contributed by atoms with Crippen molar-refractivity contribution in [3.05, 3.63) is 42.1 Å². The number of phenolic OH excluding ortho intramolecular Hbond substituents is 1. The predicted molar refractivity (Wildman–Crippen MR) is 94.2 cm³/mol. The molecule has 0 aliphatic rings. The fourth-order valence-corrected chi connectivity index (χ4v) is 2.41. The molecule has 0 radical (unpaired) electrons. The highest BCUT2D eigenvalue weighted by atomic mass is 19.1. The zero-order chi connectivity index (χ0) is 20.0. The van der Waals surface area contributed by atoms with Crippen molar-refractivity contribution < 1.29 is 28.9 Å². The van der Waals surface area contributed by atoms with Gasteiger partial charge in [0.2, 0.25) is 0 Å². The van der Waals surface area contributed by atoms with E-state index in [0.29, 0.717) is 5.69 Å². The molecule has 1 aromatic carbocycles. The van der Waals surface area contributed by atoms with E-state index in [1.54, 1.807) is 13.8 Å². The van der Waals surface area contributed by atoms with E-state index < -0.39 is 28.9 Å². The third-order valence-electron chi connectivity index (χ3n) is 3.98. The van der Waals surface area contributed by atoms with Crippen molar-refractivity contribution in [3.63, 3.8) is 0 Å². The van der Waals surface area contributed by atoms with Gasteiger partial charge in [-0.2, -0.15) is 0 Å². The van der Waals surface area contributed by atoms with Gasteiger partial charge in [0.15, 0.2) is 11.6 Å². The Balaban J connectivity index is 2.33. The van der Waals surface area contributed by atoms with Gasteiger partial charge >= 0.3 is 11.9 Å². The number of rotatable bonds is 8. The van der Waals surface area contributed by atoms with E-state index >= 15 is 0 Å². The van der Waals surface area contributed by atoms with Gasteiger partial charge in [0.25, 0.3) is 0 Å². The number of hydrogen-bond acceptors (Lipinski definition) is 7. The minimum absolute atomic E-state index is 0.0207. The lowest BCUT2D eigenvalue weighted by atomic mass is 9.82. The van der Waals surface area contributed by atoms with Crippen molar-refractivity contribution in [1.29, 1.82) is 0 Å². The van der Waals surface area contributed by atoms with Gasteiger partial charge in [-0.15, -0.1) is 0 Å². The molecule has 9 heteroatoms. The number of ether oxygens (including phenoxy) is 1. The highest BCUT2D eigenvalue weighted by molar-refractivity contribution is 5.83. The number of esters is 1. The van der Waals surface area contributed by atoms with Gasteiger partial charge in [0.1, 0.15) is 11.2 Å². The van der Waals surface area contributed by atoms with E-state index in [9.17, 15) is 19.1 Å². The van der Waals surface area contributed by atoms with Crippen LogP contribution in [0.3, 0.4) is 0 Å². The summed E-state index contributed by atoms with van der Waals surface area (Å²) < 4.78 is 18.6. The number of halogens is 1. The van der Waals surface area contributed by atoms with Crippen LogP contribution in [0, 0.1) is 5.82 Å². The molecule has 144 valence electrons. The standard InChI is InChI=1S/C18H20FN3O5/c1-3-27-17(26)18(2,7-6-16(24)25)14-9-20-10-15(22-14)21-11-4-5-13(23)12(19)8-11/h4-5,8-10,23H,3,6-7H2,1-2H3,(H,21,22)(H,24,25). The molecule has 0 saturated heterocycles. The van der Waals surface area contributed by atoms with Gasteiger partial charge in [-0.25, -0.2) is 9.37 Å². The molecule has 0 fully saturated rings. The molecule has 0 bridgehead atoms. The molecule has 1 aromatic heterocycles. The summed E-state index contributed by atoms with van der Waals surface area (Å²) in [5.74, 6) is -2.71. The Morgan fingerprint density at radius 3 is 2.70 bits per heavy atom. The maximum absolute atomic E-state index is 13.5. The topological polar surface area (TPSA) is 122 Å². The molecule has 2 rings (SSSR count). The fraction of sp³-hybridized carbons (Fsp3) is 0.333. The van der Waals surface area contributed by atoms with Gasteiger partial charge in [-0.3, -0.25) is 14.6 Å². The predicted octanol–water partition coefficient (Wildman–Crippen LogP) is 2.75. The Hall–Kier alpha value is -3.23. The molecule has 0 amide bonds. The van der Waals surface area contributed by atoms with Crippen molar-refractivity contribution in [2.75, 3.05) is 11.9 Å². The van der Waals surface area contributed by atoms with E-state index in [0.717, 1.165) is 6.07 Å². The molecule has 0 aliphatic heterocycles. The summed E-state index contributed by atoms with van der Waals surface area (Å²) in [4.78, 5) is 31.8. The van der Waals surface area contributed by atoms with Crippen LogP contribution in [-0.4, -0.2) is 38.7 Å². The molecule has 8 nitrogen and oxygen atoms in total. The smallest absolute Gasteiger partial charge is 0.317 e. The number of carbonyl (C=O) groups is 2. The van der Waals surface area contributed by atoms with Crippen molar-refractivity contribution in [2.45, 2.75) is 32.1 Å². The van der Waals surface area contributed by atoms with Crippen LogP contribution in [0.5, 0.6) is 5.75 Å². The second-order valence-electron chi connectivity index (χ2n) is 6.03. The number of carboxylic acid groups (broad SMARTS) is 1. The molecule has 2 aromatic rings. The van der Waals surface area contributed by atoms with Crippen molar-refractivity contribution in [1.82, 2.24) is 9.97 Å². The number of aliphatic carboxylic acids is 1. The molecular formula is C18H20FN3O5. The maximum atomic E-state index is 13.5. The van der Waals surface area contributed by atoms with Crippen LogP contribution in [-0.2, 0) is 19.7 Å². The van der Waals surface area contributed by atoms with Crippen LogP contribution in [0.4, 0.5) is 15.9 Å². The average molecular weight is 377 g/mol. The third kappa shape index (κ3) is 4.90. The lowest BCUT2D eigenvalue weighted by Crippen LogP contribution is -2.36. The summed E-state index contributed by atoms with van der Waals surface area (Å²) in [6.07, 6.45) is 2.46. The maximum Gasteiger partial charge on any atom is 0.317 e. The molecule has 1 atom stereocenters. The number of nitrogens with one attached hydrogen (secondary N) is 1. The summed E-state index contributed by atoms with van der Waals surface area (Å²) in [7, 11) is 0. The highest BCUT2D eigenvalue weighted by Crippen LogP contribution is 2.30. The van der Waals surface area contributed by atoms with E-state index in [2.05, 4.69) is 15.3 Å². The largest absolute Gasteiger partial charge is 0.505 e. The van der Waals surface area contributed by atoms with Crippen LogP contribution >= 0.6 is 0 Å². The normalized spacial score (nSPS) is 12.9. The van der Waals surface area contributed by atoms with E-state index in [-0.39, 0.29) is 31.0 Å². The van der Waals surface area contributed by atoms with Gasteiger partial charge < -0.3 is 20.3 Å². The van der Waals surface area contributed by atoms with E-state index in [1.807, 2.05) is 0 Å². The number of carbonyl (C=O) groups excluding carboxylic acids is 1. The molecule has 0 spiro atoms. The Kier molecular flexibility index (Phi) is 6.27. The number of aromatic hydroxyl groups is 1. The van der Waals surface area contributed by atoms with Crippen molar-refractivity contribution in [3.8, 4) is 5.75 Å². The molecule has 1 heterocycles. The first kappa shape index (κ1) is 20.1. The Labute approximate surface area is 155 Å². The summed E-state index contributed by atoms with van der Waals surface area (Å²) in [5, 5.41) is 21.0. The van der Waals surface area contributed by atoms with Gasteiger partial charge in [-0.05, 0) is 32.4 Å². The van der Waals surface area contributed by atoms with Crippen LogP contribution in [0.25, 0.3) is 0 Å². The highest BCUT2D eigenvalue weighted by Gasteiger charge is 2.39. The monoisotopic (exact) mass is 377 g/mol.